The van der Waals surface area contributed by atoms with Gasteiger partial charge in [0, 0.05) is 35.1 Å². The van der Waals surface area contributed by atoms with Gasteiger partial charge < -0.3 is 14.6 Å². The molecule has 1 aromatic heterocycles. The molecule has 0 saturated heterocycles. The molecule has 2 heterocycles. The minimum absolute atomic E-state index is 0.262. The number of hydrogen-bond acceptors (Lipinski definition) is 2. The maximum Gasteiger partial charge on any atom is 0.410 e. The van der Waals surface area contributed by atoms with Crippen molar-refractivity contribution in [1.82, 2.24) is 9.88 Å². The zero-order valence-electron chi connectivity index (χ0n) is 10.7. The average molecular weight is 262 g/mol. The van der Waals surface area contributed by atoms with Gasteiger partial charge in [-0.25, -0.2) is 9.18 Å². The number of nitrogens with zero attached hydrogens (tertiary/aromatic N) is 1. The van der Waals surface area contributed by atoms with Crippen LogP contribution in [0.1, 0.15) is 18.2 Å². The van der Waals surface area contributed by atoms with Crippen LogP contribution in [0.15, 0.2) is 18.2 Å². The van der Waals surface area contributed by atoms with E-state index in [-0.39, 0.29) is 11.9 Å². The van der Waals surface area contributed by atoms with E-state index in [1.165, 1.54) is 12.1 Å². The summed E-state index contributed by atoms with van der Waals surface area (Å²) in [5, 5.41) is 0.851. The molecule has 1 amide bonds. The Kier molecular flexibility index (Phi) is 2.89. The van der Waals surface area contributed by atoms with Gasteiger partial charge in [0.15, 0.2) is 0 Å². The first-order valence-electron chi connectivity index (χ1n) is 6.39. The fourth-order valence-corrected chi connectivity index (χ4v) is 2.56. The quantitative estimate of drug-likeness (QED) is 0.859. The van der Waals surface area contributed by atoms with Crippen molar-refractivity contribution in [3.63, 3.8) is 0 Å². The molecule has 0 bridgehead atoms. The maximum absolute atomic E-state index is 13.3. The SMILES string of the molecule is CCOC(=O)N1CCc2[nH]c3ccc(F)cc3c2C1. The van der Waals surface area contributed by atoms with Gasteiger partial charge in [-0.3, -0.25) is 0 Å². The number of ether oxygens (including phenoxy) is 1. The van der Waals surface area contributed by atoms with Gasteiger partial charge >= 0.3 is 6.09 Å². The molecular weight excluding hydrogens is 247 g/mol. The molecule has 1 aliphatic rings. The van der Waals surface area contributed by atoms with Crippen LogP contribution in [0.5, 0.6) is 0 Å². The number of aromatic amines is 1. The van der Waals surface area contributed by atoms with E-state index in [0.29, 0.717) is 19.7 Å². The maximum atomic E-state index is 13.3. The van der Waals surface area contributed by atoms with E-state index in [1.807, 2.05) is 0 Å². The fraction of sp³-hybridized carbons (Fsp3) is 0.357. The van der Waals surface area contributed by atoms with Crippen molar-refractivity contribution in [3.8, 4) is 0 Å². The average Bonchev–Trinajstić information content (AvgIpc) is 2.76. The molecule has 1 aliphatic heterocycles. The number of nitrogens with one attached hydrogen (secondary N) is 1. The number of benzene rings is 1. The normalized spacial score (nSPS) is 14.5. The molecule has 1 aromatic carbocycles. The number of fused-ring (bicyclic) bond motifs is 3. The van der Waals surface area contributed by atoms with Crippen LogP contribution in [-0.4, -0.2) is 29.1 Å². The van der Waals surface area contributed by atoms with E-state index >= 15 is 0 Å². The molecule has 5 heteroatoms. The molecule has 100 valence electrons. The van der Waals surface area contributed by atoms with Crippen LogP contribution < -0.4 is 0 Å². The summed E-state index contributed by atoms with van der Waals surface area (Å²) in [6.07, 6.45) is 0.434. The van der Waals surface area contributed by atoms with Crippen molar-refractivity contribution in [3.05, 3.63) is 35.3 Å². The summed E-state index contributed by atoms with van der Waals surface area (Å²) in [5.41, 5.74) is 2.99. The highest BCUT2D eigenvalue weighted by Gasteiger charge is 2.24. The van der Waals surface area contributed by atoms with E-state index in [0.717, 1.165) is 28.6 Å². The summed E-state index contributed by atoms with van der Waals surface area (Å²) in [6.45, 7) is 3.25. The lowest BCUT2D eigenvalue weighted by Crippen LogP contribution is -2.36. The molecule has 4 nitrogen and oxygen atoms in total. The Balaban J connectivity index is 1.97. The molecule has 1 N–H and O–H groups in total. The third-order valence-corrected chi connectivity index (χ3v) is 3.46. The summed E-state index contributed by atoms with van der Waals surface area (Å²) < 4.78 is 18.4. The van der Waals surface area contributed by atoms with E-state index in [9.17, 15) is 9.18 Å². The van der Waals surface area contributed by atoms with Crippen LogP contribution in [-0.2, 0) is 17.7 Å². The van der Waals surface area contributed by atoms with Crippen molar-refractivity contribution in [2.75, 3.05) is 13.2 Å². The monoisotopic (exact) mass is 262 g/mol. The van der Waals surface area contributed by atoms with Crippen LogP contribution in [0.3, 0.4) is 0 Å². The molecule has 0 atom stereocenters. The topological polar surface area (TPSA) is 45.3 Å². The van der Waals surface area contributed by atoms with Gasteiger partial charge in [-0.1, -0.05) is 0 Å². The summed E-state index contributed by atoms with van der Waals surface area (Å²) in [7, 11) is 0. The highest BCUT2D eigenvalue weighted by molar-refractivity contribution is 5.85. The van der Waals surface area contributed by atoms with Crippen molar-refractivity contribution < 1.29 is 13.9 Å². The smallest absolute Gasteiger partial charge is 0.410 e. The Morgan fingerprint density at radius 1 is 1.53 bits per heavy atom. The number of hydrogen-bond donors (Lipinski definition) is 1. The zero-order valence-corrected chi connectivity index (χ0v) is 10.7. The second kappa shape index (κ2) is 4.57. The lowest BCUT2D eigenvalue weighted by molar-refractivity contribution is 0.103. The second-order valence-corrected chi connectivity index (χ2v) is 4.64. The van der Waals surface area contributed by atoms with E-state index < -0.39 is 0 Å². The van der Waals surface area contributed by atoms with Crippen LogP contribution in [0.2, 0.25) is 0 Å². The van der Waals surface area contributed by atoms with E-state index in [4.69, 9.17) is 4.74 Å². The van der Waals surface area contributed by atoms with Gasteiger partial charge in [0.1, 0.15) is 5.82 Å². The lowest BCUT2D eigenvalue weighted by atomic mass is 10.0. The Labute approximate surface area is 110 Å². The second-order valence-electron chi connectivity index (χ2n) is 4.64. The van der Waals surface area contributed by atoms with Gasteiger partial charge in [-0.2, -0.15) is 0 Å². The predicted octanol–water partition coefficient (Wildman–Crippen LogP) is 2.82. The lowest BCUT2D eigenvalue weighted by Gasteiger charge is -2.26. The molecule has 19 heavy (non-hydrogen) atoms. The van der Waals surface area contributed by atoms with Gasteiger partial charge in [-0.15, -0.1) is 0 Å². The van der Waals surface area contributed by atoms with Crippen LogP contribution >= 0.6 is 0 Å². The standard InChI is InChI=1S/C14H15FN2O2/c1-2-19-14(18)17-6-5-13-11(8-17)10-7-9(15)3-4-12(10)16-13/h3-4,7,16H,2,5-6,8H2,1H3. The third kappa shape index (κ3) is 2.05. The Morgan fingerprint density at radius 3 is 3.16 bits per heavy atom. The van der Waals surface area contributed by atoms with E-state index in [1.54, 1.807) is 17.9 Å². The van der Waals surface area contributed by atoms with Gasteiger partial charge in [0.05, 0.1) is 13.2 Å². The number of carbonyl (C=O) groups is 1. The molecule has 2 aromatic rings. The molecule has 3 rings (SSSR count). The first kappa shape index (κ1) is 12.0. The summed E-state index contributed by atoms with van der Waals surface area (Å²) >= 11 is 0. The van der Waals surface area contributed by atoms with Crippen molar-refractivity contribution in [1.29, 1.82) is 0 Å². The molecule has 0 spiro atoms. The number of H-pyrrole nitrogens is 1. The summed E-state index contributed by atoms with van der Waals surface area (Å²) in [6, 6.07) is 4.68. The molecule has 0 saturated carbocycles. The van der Waals surface area contributed by atoms with E-state index in [2.05, 4.69) is 4.98 Å². The Morgan fingerprint density at radius 2 is 2.37 bits per heavy atom. The van der Waals surface area contributed by atoms with Crippen molar-refractivity contribution in [2.24, 2.45) is 0 Å². The van der Waals surface area contributed by atoms with Crippen LogP contribution in [0.25, 0.3) is 10.9 Å². The van der Waals surface area contributed by atoms with Crippen LogP contribution in [0.4, 0.5) is 9.18 Å². The number of aromatic nitrogens is 1. The molecule has 0 aliphatic carbocycles. The number of carbonyl (C=O) groups excluding carboxylic acids is 1. The highest BCUT2D eigenvalue weighted by Crippen LogP contribution is 2.28. The molecular formula is C14H15FN2O2. The van der Waals surface area contributed by atoms with Crippen molar-refractivity contribution in [2.45, 2.75) is 19.9 Å². The first-order chi connectivity index (χ1) is 9.19. The highest BCUT2D eigenvalue weighted by atomic mass is 19.1. The van der Waals surface area contributed by atoms with Gasteiger partial charge in [0.2, 0.25) is 0 Å². The Hall–Kier alpha value is -2.04. The third-order valence-electron chi connectivity index (χ3n) is 3.46. The van der Waals surface area contributed by atoms with Crippen molar-refractivity contribution >= 4 is 17.0 Å². The number of halogens is 1. The molecule has 0 unspecified atom stereocenters. The minimum Gasteiger partial charge on any atom is -0.450 e. The fourth-order valence-electron chi connectivity index (χ4n) is 2.56. The van der Waals surface area contributed by atoms with Gasteiger partial charge in [0.25, 0.3) is 0 Å². The largest absolute Gasteiger partial charge is 0.450 e. The number of rotatable bonds is 1. The zero-order chi connectivity index (χ0) is 13.4. The summed E-state index contributed by atoms with van der Waals surface area (Å²) in [5.74, 6) is -0.262. The predicted molar refractivity (Wildman–Crippen MR) is 69.4 cm³/mol. The Bertz CT molecular complexity index is 636. The van der Waals surface area contributed by atoms with Crippen LogP contribution in [0, 0.1) is 5.82 Å². The molecule has 0 radical (unpaired) electrons. The molecule has 0 fully saturated rings. The summed E-state index contributed by atoms with van der Waals surface area (Å²) in [4.78, 5) is 16.7. The number of amides is 1. The van der Waals surface area contributed by atoms with Gasteiger partial charge in [-0.05, 0) is 25.1 Å². The minimum atomic E-state index is -0.307. The first-order valence-corrected chi connectivity index (χ1v) is 6.39.